The van der Waals surface area contributed by atoms with Gasteiger partial charge in [-0.3, -0.25) is 4.79 Å². The zero-order chi connectivity index (χ0) is 14.5. The molecular formula is C13H18ClF3N2O. The van der Waals surface area contributed by atoms with E-state index in [0.717, 1.165) is 12.1 Å². The molecule has 114 valence electrons. The Morgan fingerprint density at radius 3 is 2.50 bits per heavy atom. The quantitative estimate of drug-likeness (QED) is 0.819. The summed E-state index contributed by atoms with van der Waals surface area (Å²) in [6.07, 6.45) is -3.49. The molecule has 0 saturated carbocycles. The van der Waals surface area contributed by atoms with Gasteiger partial charge in [-0.05, 0) is 44.6 Å². The molecule has 0 radical (unpaired) electrons. The van der Waals surface area contributed by atoms with Gasteiger partial charge in [0.25, 0.3) is 0 Å². The molecule has 0 aromatic heterocycles. The number of hydrogen-bond acceptors (Lipinski definition) is 2. The summed E-state index contributed by atoms with van der Waals surface area (Å²) in [7, 11) is 1.77. The van der Waals surface area contributed by atoms with Gasteiger partial charge in [0.15, 0.2) is 0 Å². The van der Waals surface area contributed by atoms with Crippen LogP contribution in [0, 0.1) is 6.92 Å². The van der Waals surface area contributed by atoms with Crippen LogP contribution in [0.15, 0.2) is 18.2 Å². The first-order chi connectivity index (χ1) is 8.84. The van der Waals surface area contributed by atoms with Crippen LogP contribution in [-0.4, -0.2) is 19.5 Å². The molecule has 1 aromatic rings. The van der Waals surface area contributed by atoms with E-state index < -0.39 is 11.7 Å². The van der Waals surface area contributed by atoms with Gasteiger partial charge < -0.3 is 10.6 Å². The number of benzene rings is 1. The van der Waals surface area contributed by atoms with E-state index in [-0.39, 0.29) is 30.4 Å². The summed E-state index contributed by atoms with van der Waals surface area (Å²) in [5.74, 6) is -0.280. The van der Waals surface area contributed by atoms with Crippen molar-refractivity contribution in [2.24, 2.45) is 0 Å². The van der Waals surface area contributed by atoms with E-state index in [0.29, 0.717) is 18.5 Å². The van der Waals surface area contributed by atoms with E-state index in [1.807, 2.05) is 0 Å². The molecule has 7 heteroatoms. The molecule has 0 atom stereocenters. The lowest BCUT2D eigenvalue weighted by Gasteiger charge is -2.12. The fourth-order valence-electron chi connectivity index (χ4n) is 1.57. The van der Waals surface area contributed by atoms with Crippen LogP contribution < -0.4 is 10.6 Å². The minimum Gasteiger partial charge on any atom is -0.326 e. The largest absolute Gasteiger partial charge is 0.416 e. The van der Waals surface area contributed by atoms with E-state index in [4.69, 9.17) is 0 Å². The number of alkyl halides is 3. The van der Waals surface area contributed by atoms with Crippen LogP contribution >= 0.6 is 12.4 Å². The molecule has 0 bridgehead atoms. The van der Waals surface area contributed by atoms with E-state index in [1.165, 1.54) is 6.07 Å². The molecule has 0 spiro atoms. The molecule has 1 aromatic carbocycles. The summed E-state index contributed by atoms with van der Waals surface area (Å²) in [6.45, 7) is 2.35. The minimum atomic E-state index is -4.40. The van der Waals surface area contributed by atoms with Crippen LogP contribution in [0.1, 0.15) is 24.0 Å². The number of rotatable bonds is 5. The van der Waals surface area contributed by atoms with Gasteiger partial charge in [0, 0.05) is 12.1 Å². The second kappa shape index (κ2) is 8.11. The average molecular weight is 311 g/mol. The highest BCUT2D eigenvalue weighted by molar-refractivity contribution is 5.91. The smallest absolute Gasteiger partial charge is 0.326 e. The van der Waals surface area contributed by atoms with Crippen molar-refractivity contribution in [3.63, 3.8) is 0 Å². The highest BCUT2D eigenvalue weighted by Gasteiger charge is 2.30. The standard InChI is InChI=1S/C13H17F3N2O.ClH/c1-9-5-6-10(13(14,15)16)8-11(9)18-12(19)4-3-7-17-2;/h5-6,8,17H,3-4,7H2,1-2H3,(H,18,19);1H. The van der Waals surface area contributed by atoms with Crippen LogP contribution in [-0.2, 0) is 11.0 Å². The lowest BCUT2D eigenvalue weighted by atomic mass is 10.1. The summed E-state index contributed by atoms with van der Waals surface area (Å²) in [5.41, 5.74) is 0.0582. The molecule has 1 rings (SSSR count). The van der Waals surface area contributed by atoms with Crippen molar-refractivity contribution in [3.05, 3.63) is 29.3 Å². The number of anilines is 1. The maximum absolute atomic E-state index is 12.6. The number of amides is 1. The zero-order valence-electron chi connectivity index (χ0n) is 11.3. The molecule has 0 saturated heterocycles. The summed E-state index contributed by atoms with van der Waals surface area (Å²) < 4.78 is 37.7. The van der Waals surface area contributed by atoms with Crippen LogP contribution in [0.4, 0.5) is 18.9 Å². The van der Waals surface area contributed by atoms with Crippen LogP contribution in [0.2, 0.25) is 0 Å². The average Bonchev–Trinajstić information content (AvgIpc) is 2.31. The normalized spacial score (nSPS) is 10.8. The van der Waals surface area contributed by atoms with Gasteiger partial charge in [-0.25, -0.2) is 0 Å². The number of carbonyl (C=O) groups excluding carboxylic acids is 1. The maximum atomic E-state index is 12.6. The van der Waals surface area contributed by atoms with E-state index in [2.05, 4.69) is 10.6 Å². The first-order valence-electron chi connectivity index (χ1n) is 5.97. The molecule has 20 heavy (non-hydrogen) atoms. The number of halogens is 4. The van der Waals surface area contributed by atoms with Crippen molar-refractivity contribution in [2.45, 2.75) is 25.9 Å². The Labute approximate surface area is 122 Å². The van der Waals surface area contributed by atoms with Crippen LogP contribution in [0.5, 0.6) is 0 Å². The number of hydrogen-bond donors (Lipinski definition) is 2. The Balaban J connectivity index is 0.00000361. The molecule has 0 aliphatic rings. The molecule has 0 unspecified atom stereocenters. The van der Waals surface area contributed by atoms with Crippen LogP contribution in [0.25, 0.3) is 0 Å². The van der Waals surface area contributed by atoms with Crippen molar-refractivity contribution in [1.29, 1.82) is 0 Å². The second-order valence-electron chi connectivity index (χ2n) is 4.28. The first kappa shape index (κ1) is 18.7. The Morgan fingerprint density at radius 1 is 1.30 bits per heavy atom. The summed E-state index contributed by atoms with van der Waals surface area (Å²) in [6, 6.07) is 3.32. The summed E-state index contributed by atoms with van der Waals surface area (Å²) in [4.78, 5) is 11.6. The zero-order valence-corrected chi connectivity index (χ0v) is 12.1. The molecule has 3 nitrogen and oxygen atoms in total. The Hall–Kier alpha value is -1.27. The van der Waals surface area contributed by atoms with Gasteiger partial charge in [-0.15, -0.1) is 12.4 Å². The van der Waals surface area contributed by atoms with E-state index >= 15 is 0 Å². The number of nitrogens with one attached hydrogen (secondary N) is 2. The van der Waals surface area contributed by atoms with Gasteiger partial charge >= 0.3 is 6.18 Å². The molecule has 0 heterocycles. The predicted molar refractivity (Wildman–Crippen MR) is 75.2 cm³/mol. The highest BCUT2D eigenvalue weighted by atomic mass is 35.5. The summed E-state index contributed by atoms with van der Waals surface area (Å²) in [5, 5.41) is 5.41. The molecule has 2 N–H and O–H groups in total. The monoisotopic (exact) mass is 310 g/mol. The molecular weight excluding hydrogens is 293 g/mol. The Bertz CT molecular complexity index is 450. The fourth-order valence-corrected chi connectivity index (χ4v) is 1.57. The maximum Gasteiger partial charge on any atom is 0.416 e. The lowest BCUT2D eigenvalue weighted by molar-refractivity contribution is -0.137. The molecule has 0 aliphatic carbocycles. The SMILES string of the molecule is CNCCCC(=O)Nc1cc(C(F)(F)F)ccc1C.Cl. The second-order valence-corrected chi connectivity index (χ2v) is 4.28. The third-order valence-electron chi connectivity index (χ3n) is 2.67. The Morgan fingerprint density at radius 2 is 1.95 bits per heavy atom. The van der Waals surface area contributed by atoms with Gasteiger partial charge in [-0.1, -0.05) is 6.07 Å². The van der Waals surface area contributed by atoms with Crippen molar-refractivity contribution in [3.8, 4) is 0 Å². The third-order valence-corrected chi connectivity index (χ3v) is 2.67. The predicted octanol–water partition coefficient (Wildman–Crippen LogP) is 3.37. The van der Waals surface area contributed by atoms with Crippen molar-refractivity contribution in [1.82, 2.24) is 5.32 Å². The van der Waals surface area contributed by atoms with Crippen LogP contribution in [0.3, 0.4) is 0 Å². The molecule has 0 fully saturated rings. The van der Waals surface area contributed by atoms with E-state index in [9.17, 15) is 18.0 Å². The van der Waals surface area contributed by atoms with Crippen molar-refractivity contribution in [2.75, 3.05) is 18.9 Å². The van der Waals surface area contributed by atoms with Gasteiger partial charge in [-0.2, -0.15) is 13.2 Å². The van der Waals surface area contributed by atoms with Gasteiger partial charge in [0.05, 0.1) is 5.56 Å². The summed E-state index contributed by atoms with van der Waals surface area (Å²) >= 11 is 0. The minimum absolute atomic E-state index is 0. The first-order valence-corrected chi connectivity index (χ1v) is 5.97. The lowest BCUT2D eigenvalue weighted by Crippen LogP contribution is -2.16. The van der Waals surface area contributed by atoms with Gasteiger partial charge in [0.2, 0.25) is 5.91 Å². The fraction of sp³-hybridized carbons (Fsp3) is 0.462. The van der Waals surface area contributed by atoms with Gasteiger partial charge in [0.1, 0.15) is 0 Å². The van der Waals surface area contributed by atoms with Crippen molar-refractivity contribution < 1.29 is 18.0 Å². The van der Waals surface area contributed by atoms with Crippen molar-refractivity contribution >= 4 is 24.0 Å². The third kappa shape index (κ3) is 5.79. The van der Waals surface area contributed by atoms with E-state index in [1.54, 1.807) is 14.0 Å². The topological polar surface area (TPSA) is 41.1 Å². The highest BCUT2D eigenvalue weighted by Crippen LogP contribution is 2.32. The Kier molecular flexibility index (Phi) is 7.60. The molecule has 0 aliphatic heterocycles. The number of aryl methyl sites for hydroxylation is 1. The number of carbonyl (C=O) groups is 1. The molecule has 1 amide bonds.